The Hall–Kier alpha value is -3.21. The van der Waals surface area contributed by atoms with Crippen LogP contribution in [0.1, 0.15) is 25.5 Å². The van der Waals surface area contributed by atoms with Crippen LogP contribution in [-0.4, -0.2) is 19.5 Å². The molecule has 0 aliphatic heterocycles. The summed E-state index contributed by atoms with van der Waals surface area (Å²) in [7, 11) is 0. The van der Waals surface area contributed by atoms with Gasteiger partial charge in [0, 0.05) is 11.6 Å². The van der Waals surface area contributed by atoms with Crippen molar-refractivity contribution >= 4 is 11.2 Å². The standard InChI is InChI=1S/C21H20N4O/c1-15(2)25-19(17-11-7-4-8-12-17)24-18-20(25)22-14-23-21(18)26-13-16-9-5-3-6-10-16/h3-12,14-15H,13H2,1-2H3. The third-order valence-electron chi connectivity index (χ3n) is 4.21. The molecule has 0 saturated carbocycles. The van der Waals surface area contributed by atoms with Gasteiger partial charge >= 0.3 is 0 Å². The number of ether oxygens (including phenoxy) is 1. The molecule has 0 atom stereocenters. The molecule has 2 aromatic heterocycles. The highest BCUT2D eigenvalue weighted by Gasteiger charge is 2.19. The molecule has 0 unspecified atom stereocenters. The van der Waals surface area contributed by atoms with Crippen LogP contribution in [0.2, 0.25) is 0 Å². The van der Waals surface area contributed by atoms with E-state index in [1.165, 1.54) is 6.33 Å². The summed E-state index contributed by atoms with van der Waals surface area (Å²) < 4.78 is 8.09. The zero-order valence-electron chi connectivity index (χ0n) is 14.8. The molecule has 5 heteroatoms. The molecule has 0 bridgehead atoms. The first-order valence-electron chi connectivity index (χ1n) is 8.69. The fraction of sp³-hybridized carbons (Fsp3) is 0.190. The number of fused-ring (bicyclic) bond motifs is 1. The molecule has 26 heavy (non-hydrogen) atoms. The van der Waals surface area contributed by atoms with Gasteiger partial charge in [-0.05, 0) is 19.4 Å². The molecular formula is C21H20N4O. The van der Waals surface area contributed by atoms with E-state index in [0.29, 0.717) is 18.0 Å². The highest BCUT2D eigenvalue weighted by molar-refractivity contribution is 5.81. The van der Waals surface area contributed by atoms with Gasteiger partial charge in [-0.3, -0.25) is 0 Å². The van der Waals surface area contributed by atoms with Crippen molar-refractivity contribution in [1.82, 2.24) is 19.5 Å². The highest BCUT2D eigenvalue weighted by Crippen LogP contribution is 2.30. The molecule has 0 amide bonds. The molecule has 2 heterocycles. The van der Waals surface area contributed by atoms with E-state index < -0.39 is 0 Å². The second-order valence-corrected chi connectivity index (χ2v) is 6.39. The second-order valence-electron chi connectivity index (χ2n) is 6.39. The Labute approximate surface area is 152 Å². The van der Waals surface area contributed by atoms with Crippen LogP contribution in [0.3, 0.4) is 0 Å². The molecule has 0 spiro atoms. The summed E-state index contributed by atoms with van der Waals surface area (Å²) in [6.45, 7) is 4.70. The Morgan fingerprint density at radius 3 is 2.31 bits per heavy atom. The summed E-state index contributed by atoms with van der Waals surface area (Å²) in [5.74, 6) is 1.39. The maximum absolute atomic E-state index is 5.96. The van der Waals surface area contributed by atoms with E-state index in [2.05, 4.69) is 40.5 Å². The Balaban J connectivity index is 1.78. The van der Waals surface area contributed by atoms with E-state index in [4.69, 9.17) is 9.72 Å². The monoisotopic (exact) mass is 344 g/mol. The van der Waals surface area contributed by atoms with E-state index in [-0.39, 0.29) is 6.04 Å². The number of aromatic nitrogens is 4. The van der Waals surface area contributed by atoms with Gasteiger partial charge in [-0.25, -0.2) is 9.97 Å². The topological polar surface area (TPSA) is 52.8 Å². The second kappa shape index (κ2) is 6.96. The zero-order chi connectivity index (χ0) is 17.9. The summed E-state index contributed by atoms with van der Waals surface area (Å²) in [4.78, 5) is 13.6. The van der Waals surface area contributed by atoms with E-state index in [1.807, 2.05) is 48.5 Å². The van der Waals surface area contributed by atoms with Crippen LogP contribution < -0.4 is 4.74 Å². The van der Waals surface area contributed by atoms with Crippen molar-refractivity contribution in [3.05, 3.63) is 72.6 Å². The first kappa shape index (κ1) is 16.3. The molecule has 4 aromatic rings. The number of rotatable bonds is 5. The highest BCUT2D eigenvalue weighted by atomic mass is 16.5. The average molecular weight is 344 g/mol. The molecule has 2 aromatic carbocycles. The van der Waals surface area contributed by atoms with Crippen molar-refractivity contribution in [2.45, 2.75) is 26.5 Å². The van der Waals surface area contributed by atoms with Gasteiger partial charge in [0.2, 0.25) is 5.88 Å². The first-order valence-corrected chi connectivity index (χ1v) is 8.69. The van der Waals surface area contributed by atoms with E-state index >= 15 is 0 Å². The third-order valence-corrected chi connectivity index (χ3v) is 4.21. The maximum atomic E-state index is 5.96. The van der Waals surface area contributed by atoms with Gasteiger partial charge in [-0.2, -0.15) is 4.98 Å². The fourth-order valence-electron chi connectivity index (χ4n) is 3.00. The number of nitrogens with zero attached hydrogens (tertiary/aromatic N) is 4. The Kier molecular flexibility index (Phi) is 4.35. The summed E-state index contributed by atoms with van der Waals surface area (Å²) in [6.07, 6.45) is 1.54. The zero-order valence-corrected chi connectivity index (χ0v) is 14.8. The van der Waals surface area contributed by atoms with Crippen molar-refractivity contribution in [2.24, 2.45) is 0 Å². The van der Waals surface area contributed by atoms with Crippen LogP contribution in [0.25, 0.3) is 22.6 Å². The minimum Gasteiger partial charge on any atom is -0.471 e. The predicted octanol–water partition coefficient (Wildman–Crippen LogP) is 4.65. The number of benzene rings is 2. The van der Waals surface area contributed by atoms with Crippen molar-refractivity contribution in [1.29, 1.82) is 0 Å². The maximum Gasteiger partial charge on any atom is 0.245 e. The lowest BCUT2D eigenvalue weighted by molar-refractivity contribution is 0.297. The van der Waals surface area contributed by atoms with Gasteiger partial charge in [0.15, 0.2) is 11.2 Å². The van der Waals surface area contributed by atoms with Gasteiger partial charge in [0.1, 0.15) is 18.8 Å². The van der Waals surface area contributed by atoms with Crippen LogP contribution in [0.15, 0.2) is 67.0 Å². The minimum atomic E-state index is 0.215. The van der Waals surface area contributed by atoms with Crippen LogP contribution in [0.5, 0.6) is 5.88 Å². The molecule has 0 N–H and O–H groups in total. The SMILES string of the molecule is CC(C)n1c(-c2ccccc2)nc2c(OCc3ccccc3)ncnc21. The molecule has 0 fully saturated rings. The van der Waals surface area contributed by atoms with Crippen LogP contribution >= 0.6 is 0 Å². The Bertz CT molecular complexity index is 1010. The lowest BCUT2D eigenvalue weighted by atomic mass is 10.2. The lowest BCUT2D eigenvalue weighted by Crippen LogP contribution is -2.04. The van der Waals surface area contributed by atoms with E-state index in [0.717, 1.165) is 22.6 Å². The molecular weight excluding hydrogens is 324 g/mol. The van der Waals surface area contributed by atoms with Gasteiger partial charge in [-0.15, -0.1) is 0 Å². The molecule has 0 aliphatic carbocycles. The average Bonchev–Trinajstić information content (AvgIpc) is 3.08. The largest absolute Gasteiger partial charge is 0.471 e. The van der Waals surface area contributed by atoms with Crippen molar-refractivity contribution in [2.75, 3.05) is 0 Å². The smallest absolute Gasteiger partial charge is 0.245 e. The third kappa shape index (κ3) is 3.04. The van der Waals surface area contributed by atoms with Gasteiger partial charge in [-0.1, -0.05) is 60.7 Å². The molecule has 0 saturated heterocycles. The number of imidazole rings is 1. The normalized spacial score (nSPS) is 11.2. The molecule has 0 aliphatic rings. The van der Waals surface area contributed by atoms with Crippen molar-refractivity contribution in [3.8, 4) is 17.3 Å². The van der Waals surface area contributed by atoms with Gasteiger partial charge in [0.25, 0.3) is 0 Å². The Morgan fingerprint density at radius 2 is 1.62 bits per heavy atom. The number of hydrogen-bond acceptors (Lipinski definition) is 4. The van der Waals surface area contributed by atoms with Crippen LogP contribution in [-0.2, 0) is 6.61 Å². The quantitative estimate of drug-likeness (QED) is 0.529. The van der Waals surface area contributed by atoms with Crippen LogP contribution in [0, 0.1) is 0 Å². The van der Waals surface area contributed by atoms with Gasteiger partial charge in [0.05, 0.1) is 0 Å². The van der Waals surface area contributed by atoms with Crippen LogP contribution in [0.4, 0.5) is 0 Å². The predicted molar refractivity (Wildman–Crippen MR) is 102 cm³/mol. The summed E-state index contributed by atoms with van der Waals surface area (Å²) >= 11 is 0. The molecule has 0 radical (unpaired) electrons. The Morgan fingerprint density at radius 1 is 0.923 bits per heavy atom. The molecule has 5 nitrogen and oxygen atoms in total. The summed E-state index contributed by atoms with van der Waals surface area (Å²) in [5.41, 5.74) is 3.62. The number of hydrogen-bond donors (Lipinski definition) is 0. The summed E-state index contributed by atoms with van der Waals surface area (Å²) in [5, 5.41) is 0. The van der Waals surface area contributed by atoms with E-state index in [9.17, 15) is 0 Å². The molecule has 4 rings (SSSR count). The lowest BCUT2D eigenvalue weighted by Gasteiger charge is -2.12. The first-order chi connectivity index (χ1) is 12.7. The van der Waals surface area contributed by atoms with Crippen molar-refractivity contribution < 1.29 is 4.74 Å². The van der Waals surface area contributed by atoms with Gasteiger partial charge < -0.3 is 9.30 Å². The van der Waals surface area contributed by atoms with E-state index in [1.54, 1.807) is 0 Å². The minimum absolute atomic E-state index is 0.215. The fourth-order valence-corrected chi connectivity index (χ4v) is 3.00. The van der Waals surface area contributed by atoms with Crippen molar-refractivity contribution in [3.63, 3.8) is 0 Å². The summed E-state index contributed by atoms with van der Waals surface area (Å²) in [6, 6.07) is 20.4. The molecule has 130 valence electrons.